The lowest BCUT2D eigenvalue weighted by Crippen LogP contribution is -2.75. The van der Waals surface area contributed by atoms with Crippen LogP contribution in [0.5, 0.6) is 17.2 Å². The molecule has 3 heterocycles. The molecular weight excluding hydrogens is 661 g/mol. The largest absolute Gasteiger partial charge is 0.551 e. The van der Waals surface area contributed by atoms with Crippen LogP contribution in [0.15, 0.2) is 194 Å². The van der Waals surface area contributed by atoms with Crippen LogP contribution in [0, 0.1) is 0 Å². The minimum atomic E-state index is -2.78. The summed E-state index contributed by atoms with van der Waals surface area (Å²) in [6.07, 6.45) is 0. The average Bonchev–Trinajstić information content (AvgIpc) is 3.57. The van der Waals surface area contributed by atoms with Gasteiger partial charge in [-0.15, -0.1) is 0 Å². The highest BCUT2D eigenvalue weighted by atomic mass is 28.3. The summed E-state index contributed by atoms with van der Waals surface area (Å²) in [5, 5.41) is 7.71. The van der Waals surface area contributed by atoms with Crippen molar-refractivity contribution in [3.63, 3.8) is 0 Å². The normalized spacial score (nSPS) is 12.8. The van der Waals surface area contributed by atoms with Gasteiger partial charge in [0.25, 0.3) is 0 Å². The fraction of sp³-hybridized carbons (Fsp3) is 0. The van der Waals surface area contributed by atoms with Gasteiger partial charge >= 0.3 is 6.92 Å². The maximum atomic E-state index is 7.17. The van der Waals surface area contributed by atoms with E-state index in [2.05, 4.69) is 199 Å². The van der Waals surface area contributed by atoms with Crippen molar-refractivity contribution >= 4 is 68.5 Å². The summed E-state index contributed by atoms with van der Waals surface area (Å²) >= 11 is 0. The molecule has 11 rings (SSSR count). The Labute approximate surface area is 309 Å². The van der Waals surface area contributed by atoms with Gasteiger partial charge < -0.3 is 14.0 Å². The number of para-hydroxylation sites is 3. The fourth-order valence-electron chi connectivity index (χ4n) is 8.97. The molecule has 0 aliphatic carbocycles. The summed E-state index contributed by atoms with van der Waals surface area (Å²) in [5.41, 5.74) is 7.73. The van der Waals surface area contributed by atoms with E-state index in [1.165, 1.54) is 42.6 Å². The lowest BCUT2D eigenvalue weighted by atomic mass is 9.51. The third kappa shape index (κ3) is 4.41. The van der Waals surface area contributed by atoms with Crippen LogP contribution >= 0.6 is 0 Å². The summed E-state index contributed by atoms with van der Waals surface area (Å²) in [6, 6.07) is 70.3. The van der Waals surface area contributed by atoms with Crippen molar-refractivity contribution in [1.82, 2.24) is 4.57 Å². The first-order valence-corrected chi connectivity index (χ1v) is 20.2. The predicted molar refractivity (Wildman–Crippen MR) is 222 cm³/mol. The SMILES string of the molecule is c1ccc([Si](c2ccccc2)(c2ccccc2)c2ccc3c(c2)Oc2cc(-n4c5ccccc5c5ccccc54)cc4c2B3Oc2ccccc2-4)cc1. The van der Waals surface area contributed by atoms with E-state index in [1.807, 2.05) is 0 Å². The average molecular weight is 694 g/mol. The molecule has 0 saturated carbocycles. The summed E-state index contributed by atoms with van der Waals surface area (Å²) in [6.45, 7) is -0.304. The third-order valence-corrected chi connectivity index (χ3v) is 16.0. The first-order valence-electron chi connectivity index (χ1n) is 18.2. The fourth-order valence-corrected chi connectivity index (χ4v) is 13.7. The molecule has 9 aromatic rings. The zero-order valence-electron chi connectivity index (χ0n) is 28.8. The molecule has 0 bridgehead atoms. The molecule has 0 saturated heterocycles. The number of ether oxygens (including phenoxy) is 1. The second-order valence-corrected chi connectivity index (χ2v) is 17.8. The maximum Gasteiger partial charge on any atom is 0.434 e. The minimum absolute atomic E-state index is 0.304. The Balaban J connectivity index is 1.17. The van der Waals surface area contributed by atoms with E-state index >= 15 is 0 Å². The van der Waals surface area contributed by atoms with Gasteiger partial charge in [-0.25, -0.2) is 0 Å². The van der Waals surface area contributed by atoms with Gasteiger partial charge in [-0.2, -0.15) is 0 Å². The number of nitrogens with zero attached hydrogens (tertiary/aromatic N) is 1. The first kappa shape index (κ1) is 30.1. The lowest BCUT2D eigenvalue weighted by molar-refractivity contribution is 0.479. The predicted octanol–water partition coefficient (Wildman–Crippen LogP) is 7.43. The van der Waals surface area contributed by atoms with Crippen LogP contribution in [0.1, 0.15) is 0 Å². The Bertz CT molecular complexity index is 2700. The summed E-state index contributed by atoms with van der Waals surface area (Å²) in [7, 11) is -2.78. The van der Waals surface area contributed by atoms with Crippen LogP contribution in [0.3, 0.4) is 0 Å². The number of benzene rings is 8. The molecule has 0 amide bonds. The van der Waals surface area contributed by atoms with E-state index in [-0.39, 0.29) is 6.92 Å². The quantitative estimate of drug-likeness (QED) is 0.138. The van der Waals surface area contributed by atoms with Crippen molar-refractivity contribution in [3.05, 3.63) is 194 Å². The van der Waals surface area contributed by atoms with Gasteiger partial charge in [0.2, 0.25) is 0 Å². The van der Waals surface area contributed by atoms with Gasteiger partial charge in [0.15, 0.2) is 8.07 Å². The zero-order valence-corrected chi connectivity index (χ0v) is 29.8. The number of hydrogen-bond donors (Lipinski definition) is 0. The van der Waals surface area contributed by atoms with E-state index in [9.17, 15) is 0 Å². The van der Waals surface area contributed by atoms with Crippen LogP contribution in [-0.4, -0.2) is 19.6 Å². The van der Waals surface area contributed by atoms with Crippen LogP contribution in [0.4, 0.5) is 0 Å². The second-order valence-electron chi connectivity index (χ2n) is 14.0. The van der Waals surface area contributed by atoms with Crippen LogP contribution in [0.25, 0.3) is 38.6 Å². The number of fused-ring (bicyclic) bond motifs is 7. The Morgan fingerprint density at radius 1 is 0.415 bits per heavy atom. The van der Waals surface area contributed by atoms with Crippen LogP contribution in [-0.2, 0) is 0 Å². The molecule has 5 heteroatoms. The molecule has 0 spiro atoms. The minimum Gasteiger partial charge on any atom is -0.551 e. The van der Waals surface area contributed by atoms with Crippen LogP contribution < -0.4 is 41.1 Å². The Kier molecular flexibility index (Phi) is 6.67. The lowest BCUT2D eigenvalue weighted by Gasteiger charge is -2.37. The standard InChI is InChI=1S/C48H32BNO2Si/c1-4-16-34(17-5-1)53(35-18-6-2-7-19-35,36-20-8-3-9-21-36)37-28-29-42-46(32-37)51-47-31-33(30-41-40-24-12-15-27-45(40)52-49(42)48(41)47)50-43-25-13-10-22-38(43)39-23-11-14-26-44(39)50/h1-32H. The Hall–Kier alpha value is -6.56. The number of hydrogen-bond acceptors (Lipinski definition) is 2. The van der Waals surface area contributed by atoms with E-state index in [4.69, 9.17) is 9.39 Å². The molecule has 0 atom stereocenters. The van der Waals surface area contributed by atoms with Gasteiger partial charge in [0.1, 0.15) is 17.2 Å². The molecule has 0 radical (unpaired) electrons. The van der Waals surface area contributed by atoms with Gasteiger partial charge in [0, 0.05) is 33.3 Å². The van der Waals surface area contributed by atoms with Crippen molar-refractivity contribution in [2.75, 3.05) is 0 Å². The summed E-state index contributed by atoms with van der Waals surface area (Å²) in [4.78, 5) is 0. The number of aromatic nitrogens is 1. The van der Waals surface area contributed by atoms with Crippen molar-refractivity contribution in [2.45, 2.75) is 0 Å². The molecule has 2 aliphatic heterocycles. The van der Waals surface area contributed by atoms with Crippen molar-refractivity contribution < 1.29 is 9.39 Å². The van der Waals surface area contributed by atoms with Crippen molar-refractivity contribution in [3.8, 4) is 34.1 Å². The highest BCUT2D eigenvalue weighted by Crippen LogP contribution is 2.41. The van der Waals surface area contributed by atoms with E-state index in [1.54, 1.807) is 0 Å². The highest BCUT2D eigenvalue weighted by Gasteiger charge is 2.45. The topological polar surface area (TPSA) is 23.4 Å². The molecule has 248 valence electrons. The van der Waals surface area contributed by atoms with E-state index < -0.39 is 8.07 Å². The van der Waals surface area contributed by atoms with Crippen LogP contribution in [0.2, 0.25) is 0 Å². The molecule has 3 nitrogen and oxygen atoms in total. The zero-order chi connectivity index (χ0) is 34.9. The van der Waals surface area contributed by atoms with Gasteiger partial charge in [-0.1, -0.05) is 158 Å². The molecule has 53 heavy (non-hydrogen) atoms. The smallest absolute Gasteiger partial charge is 0.434 e. The van der Waals surface area contributed by atoms with E-state index in [0.717, 1.165) is 45.0 Å². The molecule has 1 aromatic heterocycles. The van der Waals surface area contributed by atoms with Gasteiger partial charge in [-0.3, -0.25) is 0 Å². The van der Waals surface area contributed by atoms with Gasteiger partial charge in [0.05, 0.1) is 16.7 Å². The second kappa shape index (κ2) is 11.7. The molecule has 0 N–H and O–H groups in total. The Morgan fingerprint density at radius 3 is 1.58 bits per heavy atom. The molecular formula is C48H32BNO2Si. The van der Waals surface area contributed by atoms with Gasteiger partial charge in [-0.05, 0) is 56.6 Å². The molecule has 8 aromatic carbocycles. The van der Waals surface area contributed by atoms with Crippen molar-refractivity contribution in [2.24, 2.45) is 0 Å². The monoisotopic (exact) mass is 693 g/mol. The Morgan fingerprint density at radius 2 is 0.962 bits per heavy atom. The maximum absolute atomic E-state index is 7.17. The molecule has 2 aliphatic rings. The third-order valence-electron chi connectivity index (χ3n) is 11.2. The number of rotatable bonds is 5. The molecule has 0 unspecified atom stereocenters. The van der Waals surface area contributed by atoms with Crippen molar-refractivity contribution in [1.29, 1.82) is 0 Å². The van der Waals surface area contributed by atoms with E-state index in [0.29, 0.717) is 0 Å². The summed E-state index contributed by atoms with van der Waals surface area (Å²) < 4.78 is 16.5. The molecule has 0 fully saturated rings. The summed E-state index contributed by atoms with van der Waals surface area (Å²) in [5.74, 6) is 2.55. The highest BCUT2D eigenvalue weighted by molar-refractivity contribution is 7.20. The first-order chi connectivity index (χ1) is 26.3.